The van der Waals surface area contributed by atoms with Crippen LogP contribution < -0.4 is 0 Å². The van der Waals surface area contributed by atoms with E-state index in [-0.39, 0.29) is 10.5 Å². The Morgan fingerprint density at radius 1 is 1.05 bits per heavy atom. The fourth-order valence-corrected chi connectivity index (χ4v) is 2.69. The molecule has 102 valence electrons. The van der Waals surface area contributed by atoms with Gasteiger partial charge in [0.25, 0.3) is 0 Å². The van der Waals surface area contributed by atoms with Crippen molar-refractivity contribution in [1.82, 2.24) is 9.55 Å². The minimum Gasteiger partial charge on any atom is -0.330 e. The molecule has 0 atom stereocenters. The molecule has 0 bridgehead atoms. The molecule has 2 aromatic carbocycles. The molecule has 0 aliphatic rings. The van der Waals surface area contributed by atoms with E-state index in [0.29, 0.717) is 11.0 Å². The van der Waals surface area contributed by atoms with Gasteiger partial charge >= 0.3 is 0 Å². The van der Waals surface area contributed by atoms with E-state index in [2.05, 4.69) is 20.9 Å². The summed E-state index contributed by atoms with van der Waals surface area (Å²) in [5.74, 6) is -4.01. The molecule has 1 heterocycles. The summed E-state index contributed by atoms with van der Waals surface area (Å²) in [6.07, 6.45) is 0. The second-order valence-electron chi connectivity index (χ2n) is 4.15. The lowest BCUT2D eigenvalue weighted by atomic mass is 10.2. The Kier molecular flexibility index (Phi) is 3.18. The van der Waals surface area contributed by atoms with E-state index in [9.17, 15) is 13.2 Å². The quantitative estimate of drug-likeness (QED) is 0.486. The van der Waals surface area contributed by atoms with Gasteiger partial charge in [0.15, 0.2) is 22.2 Å². The number of fused-ring (bicyclic) bond motifs is 1. The van der Waals surface area contributed by atoms with Gasteiger partial charge < -0.3 is 4.98 Å². The van der Waals surface area contributed by atoms with E-state index in [1.807, 2.05) is 0 Å². The zero-order valence-electron chi connectivity index (χ0n) is 9.75. The molecule has 0 fully saturated rings. The number of aromatic amines is 1. The first-order valence-corrected chi connectivity index (χ1v) is 6.72. The molecule has 2 nitrogen and oxygen atoms in total. The maximum atomic E-state index is 13.3. The number of aromatic nitrogens is 2. The number of rotatable bonds is 1. The topological polar surface area (TPSA) is 20.7 Å². The largest absolute Gasteiger partial charge is 0.330 e. The minimum atomic E-state index is -1.50. The second-order valence-corrected chi connectivity index (χ2v) is 5.45. The lowest BCUT2D eigenvalue weighted by molar-refractivity contribution is 0.446. The van der Waals surface area contributed by atoms with Crippen molar-refractivity contribution in [3.8, 4) is 5.69 Å². The van der Waals surface area contributed by atoms with Crippen LogP contribution in [-0.2, 0) is 0 Å². The van der Waals surface area contributed by atoms with Crippen LogP contribution in [0.15, 0.2) is 34.8 Å². The van der Waals surface area contributed by atoms with Gasteiger partial charge in [-0.25, -0.2) is 13.2 Å². The smallest absolute Gasteiger partial charge is 0.194 e. The average Bonchev–Trinajstić information content (AvgIpc) is 2.70. The highest BCUT2D eigenvalue weighted by Crippen LogP contribution is 2.24. The highest BCUT2D eigenvalue weighted by Gasteiger charge is 2.14. The zero-order chi connectivity index (χ0) is 14.4. The number of imidazole rings is 1. The molecule has 3 rings (SSSR count). The molecule has 0 spiro atoms. The number of hydrogen-bond donors (Lipinski definition) is 1. The van der Waals surface area contributed by atoms with Gasteiger partial charge in [0.2, 0.25) is 0 Å². The number of H-pyrrole nitrogens is 1. The van der Waals surface area contributed by atoms with E-state index >= 15 is 0 Å². The number of halogens is 4. The fourth-order valence-electron chi connectivity index (χ4n) is 2.01. The van der Waals surface area contributed by atoms with E-state index in [1.165, 1.54) is 4.57 Å². The lowest BCUT2D eigenvalue weighted by Crippen LogP contribution is -1.99. The van der Waals surface area contributed by atoms with Crippen molar-refractivity contribution in [1.29, 1.82) is 0 Å². The van der Waals surface area contributed by atoms with Crippen LogP contribution in [0.1, 0.15) is 0 Å². The first-order chi connectivity index (χ1) is 9.47. The van der Waals surface area contributed by atoms with Gasteiger partial charge in [0, 0.05) is 16.6 Å². The molecule has 7 heteroatoms. The Bertz CT molecular complexity index is 862. The molecule has 1 N–H and O–H groups in total. The Labute approximate surface area is 125 Å². The van der Waals surface area contributed by atoms with Crippen molar-refractivity contribution in [3.05, 3.63) is 57.0 Å². The van der Waals surface area contributed by atoms with Crippen LogP contribution in [0.2, 0.25) is 0 Å². The molecule has 0 amide bonds. The molecule has 0 radical (unpaired) electrons. The third kappa shape index (κ3) is 2.06. The molecule has 20 heavy (non-hydrogen) atoms. The normalized spacial score (nSPS) is 11.2. The third-order valence-corrected chi connectivity index (χ3v) is 3.65. The molecule has 3 aromatic rings. The van der Waals surface area contributed by atoms with Crippen LogP contribution in [0.5, 0.6) is 0 Å². The van der Waals surface area contributed by atoms with Crippen LogP contribution >= 0.6 is 28.1 Å². The predicted molar refractivity (Wildman–Crippen MR) is 76.0 cm³/mol. The van der Waals surface area contributed by atoms with E-state index in [0.717, 1.165) is 16.6 Å². The maximum Gasteiger partial charge on any atom is 0.194 e. The minimum absolute atomic E-state index is 0.125. The Hall–Kier alpha value is -1.60. The molecule has 0 unspecified atom stereocenters. The van der Waals surface area contributed by atoms with Gasteiger partial charge in [-0.3, -0.25) is 4.57 Å². The van der Waals surface area contributed by atoms with Crippen LogP contribution in [0.25, 0.3) is 16.7 Å². The first kappa shape index (κ1) is 13.4. The number of benzene rings is 2. The van der Waals surface area contributed by atoms with Crippen molar-refractivity contribution in [3.63, 3.8) is 0 Å². The SMILES string of the molecule is Fc1cc(-n2c(=S)[nH]c3cc(Br)ccc32)cc(F)c1F. The highest BCUT2D eigenvalue weighted by molar-refractivity contribution is 9.10. The predicted octanol–water partition coefficient (Wildman–Crippen LogP) is 4.87. The van der Waals surface area contributed by atoms with Crippen LogP contribution in [0.3, 0.4) is 0 Å². The summed E-state index contributed by atoms with van der Waals surface area (Å²) in [5, 5.41) is 0. The van der Waals surface area contributed by atoms with Crippen LogP contribution in [0, 0.1) is 22.2 Å². The molecule has 1 aromatic heterocycles. The molecule has 0 aliphatic heterocycles. The number of nitrogens with one attached hydrogen (secondary N) is 1. The Morgan fingerprint density at radius 3 is 2.35 bits per heavy atom. The number of hydrogen-bond acceptors (Lipinski definition) is 1. The third-order valence-electron chi connectivity index (χ3n) is 2.87. The van der Waals surface area contributed by atoms with Crippen molar-refractivity contribution < 1.29 is 13.2 Å². The molecular formula is C13H6BrF3N2S. The van der Waals surface area contributed by atoms with Gasteiger partial charge in [-0.05, 0) is 30.4 Å². The Morgan fingerprint density at radius 2 is 1.70 bits per heavy atom. The van der Waals surface area contributed by atoms with Crippen LogP contribution in [-0.4, -0.2) is 9.55 Å². The van der Waals surface area contributed by atoms with Crippen LogP contribution in [0.4, 0.5) is 13.2 Å². The monoisotopic (exact) mass is 358 g/mol. The van der Waals surface area contributed by atoms with E-state index in [1.54, 1.807) is 18.2 Å². The lowest BCUT2D eigenvalue weighted by Gasteiger charge is -2.06. The molecule has 0 saturated heterocycles. The van der Waals surface area contributed by atoms with Gasteiger partial charge in [-0.15, -0.1) is 0 Å². The summed E-state index contributed by atoms with van der Waals surface area (Å²) >= 11 is 8.47. The summed E-state index contributed by atoms with van der Waals surface area (Å²) in [7, 11) is 0. The molecule has 0 saturated carbocycles. The standard InChI is InChI=1S/C13H6BrF3N2S/c14-6-1-2-11-10(3-6)18-13(20)19(11)7-4-8(15)12(17)9(16)5-7/h1-5H,(H,18,20). The molecular weight excluding hydrogens is 353 g/mol. The van der Waals surface area contributed by atoms with Crippen molar-refractivity contribution in [2.75, 3.05) is 0 Å². The average molecular weight is 359 g/mol. The number of nitrogens with zero attached hydrogens (tertiary/aromatic N) is 1. The highest BCUT2D eigenvalue weighted by atomic mass is 79.9. The Balaban J connectivity index is 2.35. The van der Waals surface area contributed by atoms with E-state index < -0.39 is 17.5 Å². The van der Waals surface area contributed by atoms with Gasteiger partial charge in [-0.1, -0.05) is 15.9 Å². The first-order valence-electron chi connectivity index (χ1n) is 5.52. The summed E-state index contributed by atoms with van der Waals surface area (Å²) < 4.78 is 42.3. The van der Waals surface area contributed by atoms with E-state index in [4.69, 9.17) is 12.2 Å². The summed E-state index contributed by atoms with van der Waals surface area (Å²) in [5.41, 5.74) is 1.47. The second kappa shape index (κ2) is 4.75. The van der Waals surface area contributed by atoms with Gasteiger partial charge in [0.1, 0.15) is 0 Å². The van der Waals surface area contributed by atoms with Crippen molar-refractivity contribution in [2.24, 2.45) is 0 Å². The van der Waals surface area contributed by atoms with Gasteiger partial charge in [-0.2, -0.15) is 0 Å². The summed E-state index contributed by atoms with van der Waals surface area (Å²) in [6, 6.07) is 7.12. The van der Waals surface area contributed by atoms with Crippen molar-refractivity contribution in [2.45, 2.75) is 0 Å². The van der Waals surface area contributed by atoms with Crippen molar-refractivity contribution >= 4 is 39.2 Å². The molecule has 0 aliphatic carbocycles. The fraction of sp³-hybridized carbons (Fsp3) is 0. The summed E-state index contributed by atoms with van der Waals surface area (Å²) in [6.45, 7) is 0. The van der Waals surface area contributed by atoms with Gasteiger partial charge in [0.05, 0.1) is 16.7 Å². The maximum absolute atomic E-state index is 13.3. The summed E-state index contributed by atoms with van der Waals surface area (Å²) in [4.78, 5) is 2.93. The zero-order valence-corrected chi connectivity index (χ0v) is 12.2.